The van der Waals surface area contributed by atoms with Crippen molar-refractivity contribution >= 4 is 5.91 Å². The molecule has 0 bridgehead atoms. The average molecular weight is 222 g/mol. The van der Waals surface area contributed by atoms with Crippen molar-refractivity contribution in [2.45, 2.75) is 12.5 Å². The first-order chi connectivity index (χ1) is 7.62. The van der Waals surface area contributed by atoms with E-state index in [9.17, 15) is 9.90 Å². The van der Waals surface area contributed by atoms with Gasteiger partial charge in [-0.3, -0.25) is 10.1 Å². The van der Waals surface area contributed by atoms with Crippen LogP contribution in [-0.2, 0) is 10.3 Å². The molecule has 0 spiro atoms. The van der Waals surface area contributed by atoms with Crippen LogP contribution in [0.1, 0.15) is 12.5 Å². The fraction of sp³-hybridized carbons (Fsp3) is 0.417. The van der Waals surface area contributed by atoms with E-state index in [1.54, 1.807) is 7.05 Å². The number of hydrogen-bond donors (Lipinski definition) is 3. The quantitative estimate of drug-likeness (QED) is 0.668. The van der Waals surface area contributed by atoms with Gasteiger partial charge < -0.3 is 10.4 Å². The third kappa shape index (κ3) is 3.05. The molecule has 1 atom stereocenters. The monoisotopic (exact) mass is 222 g/mol. The Labute approximate surface area is 95.7 Å². The number of carbonyl (C=O) groups is 1. The Balaban J connectivity index is 2.74. The van der Waals surface area contributed by atoms with Crippen molar-refractivity contribution in [1.82, 2.24) is 10.6 Å². The summed E-state index contributed by atoms with van der Waals surface area (Å²) < 4.78 is 0. The van der Waals surface area contributed by atoms with Gasteiger partial charge in [0, 0.05) is 7.05 Å². The summed E-state index contributed by atoms with van der Waals surface area (Å²) in [7, 11) is 1.59. The number of aliphatic hydroxyl groups excluding tert-OH is 1. The lowest BCUT2D eigenvalue weighted by molar-refractivity contribution is -0.120. The van der Waals surface area contributed by atoms with Gasteiger partial charge in [0.05, 0.1) is 18.7 Å². The minimum Gasteiger partial charge on any atom is -0.394 e. The maximum absolute atomic E-state index is 11.2. The van der Waals surface area contributed by atoms with Crippen LogP contribution in [0.3, 0.4) is 0 Å². The van der Waals surface area contributed by atoms with Gasteiger partial charge in [-0.1, -0.05) is 30.3 Å². The maximum Gasteiger partial charge on any atom is 0.233 e. The molecule has 88 valence electrons. The molecule has 0 aromatic heterocycles. The second-order valence-electron chi connectivity index (χ2n) is 3.88. The summed E-state index contributed by atoms with van der Waals surface area (Å²) in [6, 6.07) is 9.58. The number of nitrogens with one attached hydrogen (secondary N) is 2. The molecule has 1 amide bonds. The predicted octanol–water partition coefficient (Wildman–Crippen LogP) is 0.230. The topological polar surface area (TPSA) is 61.4 Å². The molecule has 0 saturated heterocycles. The highest BCUT2D eigenvalue weighted by Crippen LogP contribution is 2.19. The number of benzene rings is 1. The number of likely N-dealkylation sites (N-methyl/N-ethyl adjacent to an activating group) is 1. The first-order valence-corrected chi connectivity index (χ1v) is 5.24. The van der Waals surface area contributed by atoms with Crippen LogP contribution < -0.4 is 10.6 Å². The highest BCUT2D eigenvalue weighted by atomic mass is 16.3. The summed E-state index contributed by atoms with van der Waals surface area (Å²) in [6.45, 7) is 1.99. The molecule has 1 aromatic rings. The van der Waals surface area contributed by atoms with Gasteiger partial charge in [0.2, 0.25) is 5.91 Å². The number of rotatable bonds is 5. The Hall–Kier alpha value is -1.39. The van der Waals surface area contributed by atoms with E-state index in [1.165, 1.54) is 0 Å². The highest BCUT2D eigenvalue weighted by molar-refractivity contribution is 5.77. The summed E-state index contributed by atoms with van der Waals surface area (Å²) in [5.74, 6) is -0.101. The number of hydrogen-bond acceptors (Lipinski definition) is 3. The van der Waals surface area contributed by atoms with E-state index in [0.717, 1.165) is 5.56 Å². The number of carbonyl (C=O) groups excluding carboxylic acids is 1. The lowest BCUT2D eigenvalue weighted by atomic mass is 9.93. The normalized spacial score (nSPS) is 14.2. The largest absolute Gasteiger partial charge is 0.394 e. The van der Waals surface area contributed by atoms with Crippen LogP contribution in [0.2, 0.25) is 0 Å². The van der Waals surface area contributed by atoms with Crippen LogP contribution in [0.15, 0.2) is 30.3 Å². The fourth-order valence-corrected chi connectivity index (χ4v) is 1.42. The van der Waals surface area contributed by atoms with Gasteiger partial charge in [0.15, 0.2) is 0 Å². The average Bonchev–Trinajstić information content (AvgIpc) is 2.36. The molecule has 0 heterocycles. The Morgan fingerprint density at radius 2 is 2.00 bits per heavy atom. The third-order valence-corrected chi connectivity index (χ3v) is 2.65. The van der Waals surface area contributed by atoms with Crippen LogP contribution in [0.4, 0.5) is 0 Å². The molecular formula is C12H18N2O2. The standard InChI is InChI=1S/C12H18N2O2/c1-12(9-15,14-8-11(16)13-2)10-6-4-3-5-7-10/h3-7,14-15H,8-9H2,1-2H3,(H,13,16). The Bertz CT molecular complexity index is 340. The van der Waals surface area contributed by atoms with E-state index in [1.807, 2.05) is 37.3 Å². The minimum atomic E-state index is -0.590. The molecule has 4 heteroatoms. The summed E-state index contributed by atoms with van der Waals surface area (Å²) >= 11 is 0. The summed E-state index contributed by atoms with van der Waals surface area (Å²) in [5, 5.41) is 15.0. The van der Waals surface area contributed by atoms with Crippen LogP contribution >= 0.6 is 0 Å². The first kappa shape index (κ1) is 12.7. The van der Waals surface area contributed by atoms with Gasteiger partial charge in [0.25, 0.3) is 0 Å². The number of aliphatic hydroxyl groups is 1. The van der Waals surface area contributed by atoms with Crippen LogP contribution in [-0.4, -0.2) is 31.2 Å². The minimum absolute atomic E-state index is 0.0615. The summed E-state index contributed by atoms with van der Waals surface area (Å²) in [5.41, 5.74) is 0.370. The zero-order chi connectivity index (χ0) is 12.0. The summed E-state index contributed by atoms with van der Waals surface area (Å²) in [6.07, 6.45) is 0. The smallest absolute Gasteiger partial charge is 0.233 e. The van der Waals surface area contributed by atoms with Gasteiger partial charge in [-0.05, 0) is 12.5 Å². The molecule has 0 aliphatic carbocycles. The summed E-state index contributed by atoms with van der Waals surface area (Å²) in [4.78, 5) is 11.2. The Morgan fingerprint density at radius 3 is 2.50 bits per heavy atom. The van der Waals surface area contributed by atoms with Crippen LogP contribution in [0, 0.1) is 0 Å². The van der Waals surface area contributed by atoms with E-state index in [0.29, 0.717) is 0 Å². The van der Waals surface area contributed by atoms with Gasteiger partial charge in [0.1, 0.15) is 0 Å². The third-order valence-electron chi connectivity index (χ3n) is 2.65. The van der Waals surface area contributed by atoms with Crippen LogP contribution in [0.5, 0.6) is 0 Å². The van der Waals surface area contributed by atoms with Crippen molar-refractivity contribution in [3.8, 4) is 0 Å². The fourth-order valence-electron chi connectivity index (χ4n) is 1.42. The van der Waals surface area contributed by atoms with Gasteiger partial charge in [-0.2, -0.15) is 0 Å². The lowest BCUT2D eigenvalue weighted by Crippen LogP contribution is -2.47. The zero-order valence-electron chi connectivity index (χ0n) is 9.66. The van der Waals surface area contributed by atoms with Crippen molar-refractivity contribution in [2.24, 2.45) is 0 Å². The Morgan fingerprint density at radius 1 is 1.38 bits per heavy atom. The molecular weight excluding hydrogens is 204 g/mol. The van der Waals surface area contributed by atoms with Gasteiger partial charge in [-0.25, -0.2) is 0 Å². The molecule has 0 aliphatic rings. The van der Waals surface area contributed by atoms with E-state index < -0.39 is 5.54 Å². The molecule has 1 rings (SSSR count). The molecule has 16 heavy (non-hydrogen) atoms. The number of amides is 1. The van der Waals surface area contributed by atoms with Crippen molar-refractivity contribution in [1.29, 1.82) is 0 Å². The zero-order valence-corrected chi connectivity index (χ0v) is 9.66. The maximum atomic E-state index is 11.2. The van der Waals surface area contributed by atoms with E-state index >= 15 is 0 Å². The molecule has 0 saturated carbocycles. The molecule has 0 radical (unpaired) electrons. The van der Waals surface area contributed by atoms with Gasteiger partial charge in [-0.15, -0.1) is 0 Å². The highest BCUT2D eigenvalue weighted by Gasteiger charge is 2.25. The molecule has 1 unspecified atom stereocenters. The molecule has 0 fully saturated rings. The second kappa shape index (κ2) is 5.63. The first-order valence-electron chi connectivity index (χ1n) is 5.24. The molecule has 4 nitrogen and oxygen atoms in total. The van der Waals surface area contributed by atoms with E-state index in [-0.39, 0.29) is 19.1 Å². The van der Waals surface area contributed by atoms with Crippen molar-refractivity contribution < 1.29 is 9.90 Å². The molecule has 0 aliphatic heterocycles. The van der Waals surface area contributed by atoms with Gasteiger partial charge >= 0.3 is 0 Å². The van der Waals surface area contributed by atoms with Crippen molar-refractivity contribution in [3.05, 3.63) is 35.9 Å². The van der Waals surface area contributed by atoms with Crippen molar-refractivity contribution in [3.63, 3.8) is 0 Å². The van der Waals surface area contributed by atoms with Crippen LogP contribution in [0.25, 0.3) is 0 Å². The second-order valence-corrected chi connectivity index (χ2v) is 3.88. The SMILES string of the molecule is CNC(=O)CNC(C)(CO)c1ccccc1. The van der Waals surface area contributed by atoms with E-state index in [2.05, 4.69) is 10.6 Å². The molecule has 1 aromatic carbocycles. The molecule has 3 N–H and O–H groups in total. The lowest BCUT2D eigenvalue weighted by Gasteiger charge is -2.29. The predicted molar refractivity (Wildman–Crippen MR) is 62.9 cm³/mol. The van der Waals surface area contributed by atoms with Crippen molar-refractivity contribution in [2.75, 3.05) is 20.2 Å². The van der Waals surface area contributed by atoms with E-state index in [4.69, 9.17) is 0 Å². The Kier molecular flexibility index (Phi) is 4.46.